The first-order chi connectivity index (χ1) is 13.8. The molecule has 1 aromatic carbocycles. The van der Waals surface area contributed by atoms with Gasteiger partial charge in [0.05, 0.1) is 16.7 Å². The van der Waals surface area contributed by atoms with Crippen molar-refractivity contribution in [3.8, 4) is 5.75 Å². The van der Waals surface area contributed by atoms with Crippen LogP contribution in [0.3, 0.4) is 0 Å². The molecule has 0 fully saturated rings. The number of unbranched alkanes of at least 4 members (excludes halogenated alkanes) is 5. The molecular weight excluding hydrogens is 412 g/mol. The zero-order valence-electron chi connectivity index (χ0n) is 17.6. The van der Waals surface area contributed by atoms with Gasteiger partial charge in [-0.05, 0) is 49.8 Å². The predicted octanol–water partition coefficient (Wildman–Crippen LogP) is 7.28. The van der Waals surface area contributed by atoms with E-state index in [4.69, 9.17) is 27.9 Å². The summed E-state index contributed by atoms with van der Waals surface area (Å²) in [4.78, 5) is 11.7. The monoisotopic (exact) mass is 443 g/mol. The Morgan fingerprint density at radius 1 is 1.14 bits per heavy atom. The molecule has 0 saturated carbocycles. The van der Waals surface area contributed by atoms with Crippen molar-refractivity contribution in [1.82, 2.24) is 5.32 Å². The smallest absolute Gasteiger partial charge is 0.280 e. The standard InChI is InChI=1S/C23H32Cl2FNO2/c1-17(2)16-27-23(28)22(26)18(3)11-9-7-5-4-6-8-10-14-29-19-12-13-20(24)21(25)15-19/h9,11-13,15,17H,4-8,10,14,16H2,1-3H3,(H,27,28)/b11-9+,22-18+. The van der Waals surface area contributed by atoms with E-state index >= 15 is 0 Å². The van der Waals surface area contributed by atoms with Crippen LogP contribution in [0.4, 0.5) is 4.39 Å². The number of halogens is 3. The highest BCUT2D eigenvalue weighted by Gasteiger charge is 2.10. The second-order valence-corrected chi connectivity index (χ2v) is 8.30. The minimum Gasteiger partial charge on any atom is -0.494 e. The molecule has 1 rings (SSSR count). The highest BCUT2D eigenvalue weighted by Crippen LogP contribution is 2.26. The van der Waals surface area contributed by atoms with E-state index in [1.165, 1.54) is 0 Å². The van der Waals surface area contributed by atoms with Gasteiger partial charge in [-0.3, -0.25) is 4.79 Å². The Labute approximate surface area is 184 Å². The van der Waals surface area contributed by atoms with Gasteiger partial charge in [0.25, 0.3) is 5.91 Å². The molecule has 0 aromatic heterocycles. The fourth-order valence-corrected chi connectivity index (χ4v) is 2.83. The van der Waals surface area contributed by atoms with E-state index in [9.17, 15) is 9.18 Å². The lowest BCUT2D eigenvalue weighted by Crippen LogP contribution is -2.27. The molecule has 0 aliphatic carbocycles. The van der Waals surface area contributed by atoms with Gasteiger partial charge in [-0.1, -0.05) is 68.5 Å². The topological polar surface area (TPSA) is 38.3 Å². The summed E-state index contributed by atoms with van der Waals surface area (Å²) < 4.78 is 19.6. The number of allylic oxidation sites excluding steroid dienone is 3. The highest BCUT2D eigenvalue weighted by atomic mass is 35.5. The lowest BCUT2D eigenvalue weighted by Gasteiger charge is -2.07. The van der Waals surface area contributed by atoms with Crippen LogP contribution < -0.4 is 10.1 Å². The van der Waals surface area contributed by atoms with Gasteiger partial charge < -0.3 is 10.1 Å². The average molecular weight is 444 g/mol. The Kier molecular flexibility index (Phi) is 12.7. The summed E-state index contributed by atoms with van der Waals surface area (Å²) in [6, 6.07) is 5.27. The fourth-order valence-electron chi connectivity index (χ4n) is 2.54. The van der Waals surface area contributed by atoms with Gasteiger partial charge >= 0.3 is 0 Å². The van der Waals surface area contributed by atoms with Crippen LogP contribution in [0, 0.1) is 5.92 Å². The molecule has 0 atom stereocenters. The number of carbonyl (C=O) groups excluding carboxylic acids is 1. The van der Waals surface area contributed by atoms with Gasteiger partial charge in [-0.15, -0.1) is 0 Å². The molecule has 0 spiro atoms. The Morgan fingerprint density at radius 2 is 1.83 bits per heavy atom. The molecule has 1 N–H and O–H groups in total. The van der Waals surface area contributed by atoms with E-state index in [2.05, 4.69) is 5.32 Å². The summed E-state index contributed by atoms with van der Waals surface area (Å²) in [5.41, 5.74) is 0.366. The summed E-state index contributed by atoms with van der Waals surface area (Å²) in [6.07, 6.45) is 9.84. The van der Waals surface area contributed by atoms with Gasteiger partial charge in [0.15, 0.2) is 5.83 Å². The summed E-state index contributed by atoms with van der Waals surface area (Å²) in [5, 5.41) is 3.61. The molecule has 0 aliphatic rings. The normalized spacial score (nSPS) is 12.4. The van der Waals surface area contributed by atoms with Gasteiger partial charge in [-0.25, -0.2) is 4.39 Å². The number of nitrogens with one attached hydrogen (secondary N) is 1. The van der Waals surface area contributed by atoms with Crippen LogP contribution >= 0.6 is 23.2 Å². The number of ether oxygens (including phenoxy) is 1. The largest absolute Gasteiger partial charge is 0.494 e. The Balaban J connectivity index is 2.11. The number of carbonyl (C=O) groups is 1. The van der Waals surface area contributed by atoms with Crippen LogP contribution in [0.1, 0.15) is 59.3 Å². The first-order valence-corrected chi connectivity index (χ1v) is 11.0. The van der Waals surface area contributed by atoms with Crippen molar-refractivity contribution in [3.05, 3.63) is 51.8 Å². The molecule has 29 heavy (non-hydrogen) atoms. The maximum atomic E-state index is 13.9. The van der Waals surface area contributed by atoms with E-state index < -0.39 is 11.7 Å². The molecule has 0 bridgehead atoms. The van der Waals surface area contributed by atoms with E-state index in [1.807, 2.05) is 26.0 Å². The second kappa shape index (κ2) is 14.5. The Hall–Kier alpha value is -1.52. The molecule has 0 radical (unpaired) electrons. The quantitative estimate of drug-likeness (QED) is 0.197. The highest BCUT2D eigenvalue weighted by molar-refractivity contribution is 6.42. The van der Waals surface area contributed by atoms with Gasteiger partial charge in [0.2, 0.25) is 0 Å². The minimum atomic E-state index is -0.705. The third-order valence-electron chi connectivity index (χ3n) is 4.26. The number of hydrogen-bond donors (Lipinski definition) is 1. The van der Waals surface area contributed by atoms with E-state index in [0.717, 1.165) is 44.3 Å². The molecule has 1 aromatic rings. The SMILES string of the molecule is CC(/C=C/CCCCCCCOc1ccc(Cl)c(Cl)c1)=C(\F)C(=O)NCC(C)C. The molecular formula is C23H32Cl2FNO2. The van der Waals surface area contributed by atoms with Crippen molar-refractivity contribution in [1.29, 1.82) is 0 Å². The first-order valence-electron chi connectivity index (χ1n) is 10.2. The summed E-state index contributed by atoms with van der Waals surface area (Å²) in [5.74, 6) is -0.309. The maximum Gasteiger partial charge on any atom is 0.280 e. The third-order valence-corrected chi connectivity index (χ3v) is 5.00. The Bertz CT molecular complexity index is 702. The summed E-state index contributed by atoms with van der Waals surface area (Å²) >= 11 is 11.8. The van der Waals surface area contributed by atoms with Crippen molar-refractivity contribution in [2.24, 2.45) is 5.92 Å². The average Bonchev–Trinajstić information content (AvgIpc) is 2.69. The molecule has 162 valence electrons. The van der Waals surface area contributed by atoms with Crippen molar-refractivity contribution < 1.29 is 13.9 Å². The van der Waals surface area contributed by atoms with Crippen molar-refractivity contribution in [2.75, 3.05) is 13.2 Å². The minimum absolute atomic E-state index is 0.296. The van der Waals surface area contributed by atoms with Gasteiger partial charge in [0.1, 0.15) is 5.75 Å². The zero-order chi connectivity index (χ0) is 21.6. The number of rotatable bonds is 13. The zero-order valence-corrected chi connectivity index (χ0v) is 19.1. The van der Waals surface area contributed by atoms with Crippen molar-refractivity contribution in [3.63, 3.8) is 0 Å². The number of benzene rings is 1. The van der Waals surface area contributed by atoms with Gasteiger partial charge in [0, 0.05) is 12.6 Å². The lowest BCUT2D eigenvalue weighted by molar-refractivity contribution is -0.119. The van der Waals surface area contributed by atoms with E-state index in [1.54, 1.807) is 25.1 Å². The van der Waals surface area contributed by atoms with Crippen LogP contribution in [-0.2, 0) is 4.79 Å². The van der Waals surface area contributed by atoms with Crippen LogP contribution in [0.25, 0.3) is 0 Å². The molecule has 0 unspecified atom stereocenters. The van der Waals surface area contributed by atoms with E-state index in [-0.39, 0.29) is 0 Å². The van der Waals surface area contributed by atoms with Crippen LogP contribution in [0.15, 0.2) is 41.8 Å². The number of amides is 1. The molecule has 0 saturated heterocycles. The molecule has 6 heteroatoms. The van der Waals surface area contributed by atoms with E-state index in [0.29, 0.717) is 34.7 Å². The van der Waals surface area contributed by atoms with Crippen LogP contribution in [0.2, 0.25) is 10.0 Å². The van der Waals surface area contributed by atoms with Crippen molar-refractivity contribution >= 4 is 29.1 Å². The molecule has 1 amide bonds. The molecule has 3 nitrogen and oxygen atoms in total. The lowest BCUT2D eigenvalue weighted by atomic mass is 10.1. The fraction of sp³-hybridized carbons (Fsp3) is 0.522. The van der Waals surface area contributed by atoms with Crippen LogP contribution in [-0.4, -0.2) is 19.1 Å². The van der Waals surface area contributed by atoms with Crippen molar-refractivity contribution in [2.45, 2.75) is 59.3 Å². The second-order valence-electron chi connectivity index (χ2n) is 7.48. The first kappa shape index (κ1) is 25.5. The predicted molar refractivity (Wildman–Crippen MR) is 120 cm³/mol. The van der Waals surface area contributed by atoms with Crippen LogP contribution in [0.5, 0.6) is 5.75 Å². The Morgan fingerprint density at radius 3 is 2.52 bits per heavy atom. The third kappa shape index (κ3) is 11.3. The summed E-state index contributed by atoms with van der Waals surface area (Å²) in [6.45, 7) is 6.69. The maximum absolute atomic E-state index is 13.9. The molecule has 0 aliphatic heterocycles. The number of hydrogen-bond acceptors (Lipinski definition) is 2. The summed E-state index contributed by atoms with van der Waals surface area (Å²) in [7, 11) is 0. The molecule has 0 heterocycles. The van der Waals surface area contributed by atoms with Gasteiger partial charge in [-0.2, -0.15) is 0 Å².